The van der Waals surface area contributed by atoms with Gasteiger partial charge in [0.25, 0.3) is 0 Å². The molecular formula is C10H5BrClN3O2S2Se. The zero-order chi connectivity index (χ0) is 14.3. The molecule has 5 nitrogen and oxygen atoms in total. The Bertz CT molecular complexity index is 855. The summed E-state index contributed by atoms with van der Waals surface area (Å²) in [5.41, 5.74) is 1.75. The molecule has 2 aromatic rings. The van der Waals surface area contributed by atoms with Gasteiger partial charge in [-0.15, -0.1) is 0 Å². The first-order chi connectivity index (χ1) is 9.47. The molecule has 0 aliphatic carbocycles. The Kier molecular flexibility index (Phi) is 3.91. The summed E-state index contributed by atoms with van der Waals surface area (Å²) in [6, 6.07) is 6.63. The minimum absolute atomic E-state index is 0.146. The number of benzene rings is 1. The molecule has 0 unspecified atom stereocenters. The Morgan fingerprint density at radius 1 is 1.35 bits per heavy atom. The van der Waals surface area contributed by atoms with Crippen LogP contribution in [0.5, 0.6) is 0 Å². The standard InChI is InChI=1S/C10H5BrClN3O2S2Se/c11-10-5(12)4-8(18-10)19(16,17)13-6-2-1-3-7-9(6)15-20-14-7/h1-4,13H. The van der Waals surface area contributed by atoms with Crippen LogP contribution in [0.2, 0.25) is 5.02 Å². The van der Waals surface area contributed by atoms with Gasteiger partial charge in [-0.25, -0.2) is 0 Å². The van der Waals surface area contributed by atoms with Crippen molar-refractivity contribution < 1.29 is 8.42 Å². The van der Waals surface area contributed by atoms with Crippen LogP contribution in [-0.2, 0) is 10.0 Å². The van der Waals surface area contributed by atoms with Crippen LogP contribution >= 0.6 is 38.9 Å². The monoisotopic (exact) mass is 457 g/mol. The fraction of sp³-hybridized carbons (Fsp3) is 0. The average molecular weight is 458 g/mol. The number of hydrogen-bond donors (Lipinski definition) is 1. The Morgan fingerprint density at radius 3 is 2.85 bits per heavy atom. The van der Waals surface area contributed by atoms with E-state index in [1.807, 2.05) is 6.07 Å². The van der Waals surface area contributed by atoms with Crippen LogP contribution in [0.15, 0.2) is 40.2 Å². The SMILES string of the molecule is O=S(=O)(Nc1cccc2c1N=[Se]=N2)c1cc(Cl)c(Br)s1. The van der Waals surface area contributed by atoms with Crippen LogP contribution in [0.4, 0.5) is 17.1 Å². The molecule has 1 aromatic carbocycles. The van der Waals surface area contributed by atoms with E-state index in [0.29, 0.717) is 20.2 Å². The molecule has 0 bridgehead atoms. The van der Waals surface area contributed by atoms with Crippen molar-refractivity contribution in [2.45, 2.75) is 4.21 Å². The summed E-state index contributed by atoms with van der Waals surface area (Å²) < 4.78 is 36.4. The first kappa shape index (κ1) is 14.5. The number of sulfonamides is 1. The molecule has 1 N–H and O–H groups in total. The number of thiophene rings is 1. The quantitative estimate of drug-likeness (QED) is 0.595. The van der Waals surface area contributed by atoms with Gasteiger partial charge in [0.05, 0.1) is 0 Å². The molecule has 0 radical (unpaired) electrons. The van der Waals surface area contributed by atoms with Crippen LogP contribution in [0.1, 0.15) is 0 Å². The Morgan fingerprint density at radius 2 is 2.15 bits per heavy atom. The average Bonchev–Trinajstić information content (AvgIpc) is 2.98. The van der Waals surface area contributed by atoms with E-state index in [1.54, 1.807) is 12.1 Å². The zero-order valence-electron chi connectivity index (χ0n) is 9.50. The van der Waals surface area contributed by atoms with E-state index in [4.69, 9.17) is 11.6 Å². The van der Waals surface area contributed by atoms with Crippen molar-refractivity contribution in [1.82, 2.24) is 0 Å². The third kappa shape index (κ3) is 2.66. The first-order valence-corrected chi connectivity index (χ1v) is 10.2. The van der Waals surface area contributed by atoms with Gasteiger partial charge in [0, 0.05) is 0 Å². The third-order valence-electron chi connectivity index (χ3n) is 2.42. The molecule has 10 heteroatoms. The first-order valence-electron chi connectivity index (χ1n) is 5.16. The summed E-state index contributed by atoms with van der Waals surface area (Å²) in [6.07, 6.45) is 0. The number of fused-ring (bicyclic) bond motifs is 1. The summed E-state index contributed by atoms with van der Waals surface area (Å²) in [4.78, 5) is 0. The van der Waals surface area contributed by atoms with Gasteiger partial charge in [-0.3, -0.25) is 0 Å². The van der Waals surface area contributed by atoms with Crippen LogP contribution in [-0.4, -0.2) is 23.0 Å². The van der Waals surface area contributed by atoms with Gasteiger partial charge in [-0.1, -0.05) is 0 Å². The summed E-state index contributed by atoms with van der Waals surface area (Å²) in [5.74, 6) is 0. The Labute approximate surface area is 138 Å². The molecule has 2 heterocycles. The second kappa shape index (κ2) is 5.40. The summed E-state index contributed by atoms with van der Waals surface area (Å²) in [7, 11) is -3.68. The summed E-state index contributed by atoms with van der Waals surface area (Å²) in [5, 5.41) is 0.372. The summed E-state index contributed by atoms with van der Waals surface area (Å²) in [6.45, 7) is 0. The maximum absolute atomic E-state index is 12.3. The van der Waals surface area contributed by atoms with E-state index in [-0.39, 0.29) is 18.8 Å². The topological polar surface area (TPSA) is 70.9 Å². The predicted molar refractivity (Wildman–Crippen MR) is 84.2 cm³/mol. The number of nitrogens with zero attached hydrogens (tertiary/aromatic N) is 2. The van der Waals surface area contributed by atoms with Crippen molar-refractivity contribution in [3.63, 3.8) is 0 Å². The molecule has 0 saturated carbocycles. The number of hydrogen-bond acceptors (Lipinski definition) is 5. The molecule has 20 heavy (non-hydrogen) atoms. The van der Waals surface area contributed by atoms with Gasteiger partial charge >= 0.3 is 139 Å². The van der Waals surface area contributed by atoms with E-state index < -0.39 is 10.0 Å². The molecule has 104 valence electrons. The predicted octanol–water partition coefficient (Wildman–Crippen LogP) is 4.31. The van der Waals surface area contributed by atoms with Crippen LogP contribution in [0, 0.1) is 0 Å². The molecular weight excluding hydrogens is 453 g/mol. The van der Waals surface area contributed by atoms with Gasteiger partial charge in [-0.2, -0.15) is 0 Å². The van der Waals surface area contributed by atoms with Crippen molar-refractivity contribution in [2.24, 2.45) is 7.92 Å². The van der Waals surface area contributed by atoms with Gasteiger partial charge in [-0.05, 0) is 0 Å². The van der Waals surface area contributed by atoms with Gasteiger partial charge in [0.2, 0.25) is 0 Å². The van der Waals surface area contributed by atoms with Crippen LogP contribution in [0.3, 0.4) is 0 Å². The van der Waals surface area contributed by atoms with Crippen LogP contribution in [0.25, 0.3) is 0 Å². The molecule has 0 atom stereocenters. The van der Waals surface area contributed by atoms with E-state index in [9.17, 15) is 8.42 Å². The fourth-order valence-corrected chi connectivity index (χ4v) is 6.16. The van der Waals surface area contributed by atoms with Crippen molar-refractivity contribution >= 4 is 80.5 Å². The normalized spacial score (nSPS) is 13.1. The Balaban J connectivity index is 1.99. The molecule has 1 aromatic heterocycles. The van der Waals surface area contributed by atoms with Gasteiger partial charge in [0.1, 0.15) is 0 Å². The second-order valence-corrected chi connectivity index (χ2v) is 9.53. The second-order valence-electron chi connectivity index (χ2n) is 3.73. The van der Waals surface area contributed by atoms with E-state index in [2.05, 4.69) is 28.6 Å². The van der Waals surface area contributed by atoms with E-state index in [0.717, 1.165) is 17.0 Å². The molecule has 0 spiro atoms. The number of rotatable bonds is 3. The fourth-order valence-electron chi connectivity index (χ4n) is 1.54. The van der Waals surface area contributed by atoms with E-state index >= 15 is 0 Å². The minimum atomic E-state index is -3.68. The van der Waals surface area contributed by atoms with Crippen LogP contribution < -0.4 is 4.72 Å². The van der Waals surface area contributed by atoms with E-state index in [1.165, 1.54) is 6.07 Å². The number of halogens is 2. The molecule has 0 fully saturated rings. The molecule has 3 rings (SSSR count). The van der Waals surface area contributed by atoms with Gasteiger partial charge < -0.3 is 0 Å². The summed E-state index contributed by atoms with van der Waals surface area (Å²) >= 11 is 9.93. The van der Waals surface area contributed by atoms with Crippen molar-refractivity contribution in [3.8, 4) is 0 Å². The Hall–Kier alpha value is -0.441. The maximum atomic E-state index is 12.3. The molecule has 1 aliphatic rings. The van der Waals surface area contributed by atoms with Crippen molar-refractivity contribution in [3.05, 3.63) is 33.1 Å². The zero-order valence-corrected chi connectivity index (χ0v) is 15.2. The third-order valence-corrected chi connectivity index (χ3v) is 7.87. The van der Waals surface area contributed by atoms with Crippen molar-refractivity contribution in [2.75, 3.05) is 4.72 Å². The molecule has 0 amide bonds. The molecule has 1 aliphatic heterocycles. The number of anilines is 1. The number of nitrogens with one attached hydrogen (secondary N) is 1. The van der Waals surface area contributed by atoms with Gasteiger partial charge in [0.15, 0.2) is 0 Å². The van der Waals surface area contributed by atoms with Crippen molar-refractivity contribution in [1.29, 1.82) is 0 Å². The molecule has 0 saturated heterocycles.